The van der Waals surface area contributed by atoms with E-state index in [0.717, 1.165) is 38.5 Å². The van der Waals surface area contributed by atoms with Crippen LogP contribution in [0.15, 0.2) is 0 Å². The largest absolute Gasteiger partial charge is 0.466 e. The maximum Gasteiger partial charge on any atom is 0.355 e. The molecule has 0 amide bonds. The van der Waals surface area contributed by atoms with Crippen LogP contribution in [0.4, 0.5) is 0 Å². The molecule has 6 aliphatic rings. The maximum absolute atomic E-state index is 11.5. The van der Waals surface area contributed by atoms with Crippen molar-refractivity contribution in [3.63, 3.8) is 0 Å². The van der Waals surface area contributed by atoms with Crippen LogP contribution in [0.1, 0.15) is 116 Å². The number of hydrogen-bond donors (Lipinski definition) is 0. The van der Waals surface area contributed by atoms with E-state index in [4.69, 9.17) is 33.2 Å². The lowest BCUT2D eigenvalue weighted by molar-refractivity contribution is -0.166. The van der Waals surface area contributed by atoms with Crippen molar-refractivity contribution in [1.82, 2.24) is 0 Å². The molecule has 0 radical (unpaired) electrons. The molecule has 8 heteroatoms. The molecule has 6 saturated heterocycles. The van der Waals surface area contributed by atoms with E-state index >= 15 is 0 Å². The van der Waals surface area contributed by atoms with E-state index in [0.29, 0.717) is 13.0 Å². The normalized spacial score (nSPS) is 42.9. The van der Waals surface area contributed by atoms with E-state index in [1.807, 2.05) is 0 Å². The highest BCUT2D eigenvalue weighted by Crippen LogP contribution is 2.97. The second-order valence-electron chi connectivity index (χ2n) is 10.9. The number of esters is 1. The van der Waals surface area contributed by atoms with E-state index in [1.54, 1.807) is 0 Å². The summed E-state index contributed by atoms with van der Waals surface area (Å²) in [5.41, 5.74) is 0. The van der Waals surface area contributed by atoms with Crippen molar-refractivity contribution in [3.05, 3.63) is 0 Å². The van der Waals surface area contributed by atoms with E-state index in [-0.39, 0.29) is 12.1 Å². The Hall–Kier alpha value is -0.770. The predicted molar refractivity (Wildman–Crippen MR) is 119 cm³/mol. The van der Waals surface area contributed by atoms with Gasteiger partial charge in [-0.3, -0.25) is 28.5 Å². The fourth-order valence-corrected chi connectivity index (χ4v) is 5.87. The molecule has 0 saturated carbocycles. The molecule has 34 heavy (non-hydrogen) atoms. The molecule has 6 fully saturated rings. The summed E-state index contributed by atoms with van der Waals surface area (Å²) in [6, 6.07) is 0. The molecule has 4 unspecified atom stereocenters. The summed E-state index contributed by atoms with van der Waals surface area (Å²) in [7, 11) is 0. The van der Waals surface area contributed by atoms with E-state index in [9.17, 15) is 4.79 Å². The Labute approximate surface area is 202 Å². The van der Waals surface area contributed by atoms with Crippen LogP contribution in [0.5, 0.6) is 0 Å². The number of unbranched alkanes of at least 4 members (excludes halogenated alkanes) is 13. The first-order valence-corrected chi connectivity index (χ1v) is 13.9. The molecule has 0 aromatic carbocycles. The number of rotatable bonds is 19. The third-order valence-corrected chi connectivity index (χ3v) is 8.27. The minimum absolute atomic E-state index is 0.0219. The van der Waals surface area contributed by atoms with Crippen molar-refractivity contribution in [3.8, 4) is 0 Å². The van der Waals surface area contributed by atoms with E-state index < -0.39 is 29.1 Å². The highest BCUT2D eigenvalue weighted by Gasteiger charge is 3.27. The first-order chi connectivity index (χ1) is 16.6. The lowest BCUT2D eigenvalue weighted by Crippen LogP contribution is -2.41. The van der Waals surface area contributed by atoms with E-state index in [2.05, 4.69) is 6.92 Å². The molecule has 6 aliphatic heterocycles. The fourth-order valence-electron chi connectivity index (χ4n) is 5.87. The minimum atomic E-state index is -0.835. The van der Waals surface area contributed by atoms with Crippen LogP contribution in [0.25, 0.3) is 0 Å². The summed E-state index contributed by atoms with van der Waals surface area (Å²) in [6.07, 6.45) is 20.2. The van der Waals surface area contributed by atoms with Gasteiger partial charge >= 0.3 is 23.5 Å². The summed E-state index contributed by atoms with van der Waals surface area (Å²) >= 11 is 0. The third-order valence-electron chi connectivity index (χ3n) is 8.27. The molecule has 192 valence electrons. The Morgan fingerprint density at radius 1 is 0.676 bits per heavy atom. The predicted octanol–water partition coefficient (Wildman–Crippen LogP) is 5.17. The fraction of sp³-hybridized carbons (Fsp3) is 0.962. The Morgan fingerprint density at radius 2 is 1.26 bits per heavy atom. The minimum Gasteiger partial charge on any atom is -0.466 e. The molecule has 0 aromatic heterocycles. The van der Waals surface area contributed by atoms with Crippen LogP contribution in [0.3, 0.4) is 0 Å². The molecule has 6 rings (SSSR count). The average molecular weight is 481 g/mol. The van der Waals surface area contributed by atoms with Crippen molar-refractivity contribution < 1.29 is 38.0 Å². The Balaban J connectivity index is 0.685. The number of hydrogen-bond acceptors (Lipinski definition) is 8. The first-order valence-electron chi connectivity index (χ1n) is 13.9. The highest BCUT2D eigenvalue weighted by atomic mass is 17.3. The maximum atomic E-state index is 11.5. The van der Waals surface area contributed by atoms with Gasteiger partial charge in [0.1, 0.15) is 6.10 Å². The molecule has 0 aromatic rings. The van der Waals surface area contributed by atoms with Crippen molar-refractivity contribution in [1.29, 1.82) is 0 Å². The second kappa shape index (κ2) is 8.67. The number of carbonyl (C=O) groups excluding carboxylic acids is 1. The lowest BCUT2D eigenvalue weighted by atomic mass is 10.0. The SMILES string of the molecule is CCCCOC(=O)CCCCCCCCCCCCCCCC1OC12OC21OC12OC13OC12O3. The molecule has 6 heterocycles. The Morgan fingerprint density at radius 3 is 1.82 bits per heavy atom. The van der Waals surface area contributed by atoms with Gasteiger partial charge in [0.25, 0.3) is 11.6 Å². The zero-order valence-electron chi connectivity index (χ0n) is 20.6. The van der Waals surface area contributed by atoms with Crippen molar-refractivity contribution in [2.75, 3.05) is 6.61 Å². The van der Waals surface area contributed by atoms with Gasteiger partial charge in [0.15, 0.2) is 0 Å². The van der Waals surface area contributed by atoms with Gasteiger partial charge in [-0.15, -0.1) is 0 Å². The molecular formula is C26H40O8. The van der Waals surface area contributed by atoms with Gasteiger partial charge in [-0.2, -0.15) is 0 Å². The van der Waals surface area contributed by atoms with Crippen molar-refractivity contribution in [2.45, 2.75) is 151 Å². The smallest absolute Gasteiger partial charge is 0.355 e. The van der Waals surface area contributed by atoms with Crippen LogP contribution in [-0.4, -0.2) is 47.8 Å². The number of ether oxygens (including phenoxy) is 7. The zero-order valence-corrected chi connectivity index (χ0v) is 20.6. The summed E-state index contributed by atoms with van der Waals surface area (Å²) in [5, 5.41) is 0. The quantitative estimate of drug-likeness (QED) is 0.142. The topological polar surface area (TPSA) is 98.2 Å². The highest BCUT2D eigenvalue weighted by molar-refractivity contribution is 5.69. The van der Waals surface area contributed by atoms with Crippen molar-refractivity contribution >= 4 is 5.97 Å². The zero-order chi connectivity index (χ0) is 23.3. The molecular weight excluding hydrogens is 440 g/mol. The summed E-state index contributed by atoms with van der Waals surface area (Å²) in [6.45, 7) is 2.69. The first kappa shape index (κ1) is 23.6. The average Bonchev–Trinajstić information content (AvgIpc) is 3.68. The molecule has 4 atom stereocenters. The number of epoxide rings is 5. The van der Waals surface area contributed by atoms with Crippen LogP contribution >= 0.6 is 0 Å². The van der Waals surface area contributed by atoms with Crippen LogP contribution in [-0.2, 0) is 38.0 Å². The summed E-state index contributed by atoms with van der Waals surface area (Å²) < 4.78 is 39.0. The molecule has 3 spiro atoms. The number of carbonyl (C=O) groups is 1. The summed E-state index contributed by atoms with van der Waals surface area (Å²) in [5.74, 6) is -3.62. The molecule has 0 N–H and O–H groups in total. The molecule has 0 aliphatic carbocycles. The van der Waals surface area contributed by atoms with Gasteiger partial charge in [0, 0.05) is 6.42 Å². The van der Waals surface area contributed by atoms with Gasteiger partial charge in [-0.1, -0.05) is 90.4 Å². The van der Waals surface area contributed by atoms with Crippen LogP contribution < -0.4 is 0 Å². The Bertz CT molecular complexity index is 781. The van der Waals surface area contributed by atoms with Gasteiger partial charge < -0.3 is 9.47 Å². The standard InChI is InChI=1S/C26H40O8/c1-2-3-19-28-21(27)18-16-14-12-10-8-6-4-5-7-9-11-13-15-17-20-22(29-20)23(30-22)24(31-23)25-26(32-24,33-25)34-25/h20H,2-19H2,1H3. The van der Waals surface area contributed by atoms with Crippen LogP contribution in [0.2, 0.25) is 0 Å². The number of fused-ring (bicyclic) bond motifs is 2. The van der Waals surface area contributed by atoms with Gasteiger partial charge in [-0.25, -0.2) is 0 Å². The Kier molecular flexibility index (Phi) is 6.02. The summed E-state index contributed by atoms with van der Waals surface area (Å²) in [4.78, 5) is 11.5. The van der Waals surface area contributed by atoms with Crippen LogP contribution in [0, 0.1) is 0 Å². The third kappa shape index (κ3) is 3.58. The van der Waals surface area contributed by atoms with Gasteiger partial charge in [0.2, 0.25) is 0 Å². The van der Waals surface area contributed by atoms with Gasteiger partial charge in [-0.05, 0) is 19.3 Å². The van der Waals surface area contributed by atoms with E-state index in [1.165, 1.54) is 64.2 Å². The molecule has 8 nitrogen and oxygen atoms in total. The van der Waals surface area contributed by atoms with Gasteiger partial charge in [0.05, 0.1) is 6.61 Å². The second-order valence-corrected chi connectivity index (χ2v) is 10.9. The van der Waals surface area contributed by atoms with Crippen molar-refractivity contribution in [2.24, 2.45) is 0 Å². The molecule has 0 bridgehead atoms. The lowest BCUT2D eigenvalue weighted by Gasteiger charge is -2.07. The monoisotopic (exact) mass is 480 g/mol.